The molecule has 31 heavy (non-hydrogen) atoms. The standard InChI is InChI=1S/C23H37N3O4S/c1-23(2,3)25-13-9-12-24(16-17-25)22(27)20-18-19(10-11-21(20)30-4)31(28,29)26-14-7-5-6-8-15-26/h10-11,18H,5-9,12-17H2,1-4H3. The minimum Gasteiger partial charge on any atom is -0.496 e. The van der Waals surface area contributed by atoms with Crippen molar-refractivity contribution in [1.29, 1.82) is 0 Å². The van der Waals surface area contributed by atoms with Gasteiger partial charge in [0.05, 0.1) is 17.6 Å². The van der Waals surface area contributed by atoms with Gasteiger partial charge >= 0.3 is 0 Å². The number of amides is 1. The molecule has 3 rings (SSSR count). The summed E-state index contributed by atoms with van der Waals surface area (Å²) < 4.78 is 33.5. The number of sulfonamides is 1. The highest BCUT2D eigenvalue weighted by Gasteiger charge is 2.30. The molecule has 0 aliphatic carbocycles. The topological polar surface area (TPSA) is 70.2 Å². The number of carbonyl (C=O) groups is 1. The first-order valence-corrected chi connectivity index (χ1v) is 12.8. The highest BCUT2D eigenvalue weighted by molar-refractivity contribution is 7.89. The van der Waals surface area contributed by atoms with Gasteiger partial charge in [-0.1, -0.05) is 12.8 Å². The molecule has 8 heteroatoms. The van der Waals surface area contributed by atoms with Crippen molar-refractivity contribution in [2.45, 2.75) is 63.3 Å². The van der Waals surface area contributed by atoms with Gasteiger partial charge in [-0.3, -0.25) is 9.69 Å². The maximum absolute atomic E-state index is 13.4. The Morgan fingerprint density at radius 2 is 1.58 bits per heavy atom. The second kappa shape index (κ2) is 9.88. The minimum atomic E-state index is -3.63. The molecule has 174 valence electrons. The van der Waals surface area contributed by atoms with Crippen LogP contribution >= 0.6 is 0 Å². The molecule has 0 saturated carbocycles. The van der Waals surface area contributed by atoms with Gasteiger partial charge in [0.1, 0.15) is 5.75 Å². The first-order valence-electron chi connectivity index (χ1n) is 11.4. The van der Waals surface area contributed by atoms with Crippen LogP contribution in [0.1, 0.15) is 63.2 Å². The molecular formula is C23H37N3O4S. The Hall–Kier alpha value is -1.64. The highest BCUT2D eigenvalue weighted by atomic mass is 32.2. The van der Waals surface area contributed by atoms with E-state index in [1.165, 1.54) is 13.2 Å². The van der Waals surface area contributed by atoms with Crippen LogP contribution in [0.4, 0.5) is 0 Å². The van der Waals surface area contributed by atoms with Gasteiger partial charge in [0.15, 0.2) is 0 Å². The van der Waals surface area contributed by atoms with E-state index in [0.29, 0.717) is 37.5 Å². The molecule has 0 spiro atoms. The highest BCUT2D eigenvalue weighted by Crippen LogP contribution is 2.28. The lowest BCUT2D eigenvalue weighted by Gasteiger charge is -2.34. The predicted octanol–water partition coefficient (Wildman–Crippen LogP) is 3.21. The molecule has 2 saturated heterocycles. The minimum absolute atomic E-state index is 0.0535. The number of rotatable bonds is 4. The van der Waals surface area contributed by atoms with Gasteiger partial charge in [-0.15, -0.1) is 0 Å². The summed E-state index contributed by atoms with van der Waals surface area (Å²) in [4.78, 5) is 17.8. The summed E-state index contributed by atoms with van der Waals surface area (Å²) in [6.45, 7) is 10.6. The maximum Gasteiger partial charge on any atom is 0.257 e. The maximum atomic E-state index is 13.4. The van der Waals surface area contributed by atoms with Crippen LogP contribution in [0.25, 0.3) is 0 Å². The molecule has 0 unspecified atom stereocenters. The lowest BCUT2D eigenvalue weighted by molar-refractivity contribution is 0.0746. The zero-order valence-corrected chi connectivity index (χ0v) is 20.2. The van der Waals surface area contributed by atoms with E-state index in [9.17, 15) is 13.2 Å². The zero-order valence-electron chi connectivity index (χ0n) is 19.4. The fraction of sp³-hybridized carbons (Fsp3) is 0.696. The van der Waals surface area contributed by atoms with Crippen molar-refractivity contribution in [1.82, 2.24) is 14.1 Å². The second-order valence-electron chi connectivity index (χ2n) is 9.48. The normalized spacial score (nSPS) is 20.2. The summed E-state index contributed by atoms with van der Waals surface area (Å²) in [5.74, 6) is 0.247. The van der Waals surface area contributed by atoms with E-state index in [4.69, 9.17) is 4.74 Å². The predicted molar refractivity (Wildman–Crippen MR) is 122 cm³/mol. The van der Waals surface area contributed by atoms with Gasteiger partial charge in [0, 0.05) is 44.8 Å². The molecule has 0 aromatic heterocycles. The van der Waals surface area contributed by atoms with Crippen molar-refractivity contribution >= 4 is 15.9 Å². The molecule has 2 aliphatic rings. The van der Waals surface area contributed by atoms with Crippen molar-refractivity contribution in [2.24, 2.45) is 0 Å². The van der Waals surface area contributed by atoms with Gasteiger partial charge in [0.2, 0.25) is 10.0 Å². The van der Waals surface area contributed by atoms with Crippen molar-refractivity contribution in [3.05, 3.63) is 23.8 Å². The Morgan fingerprint density at radius 3 is 2.19 bits per heavy atom. The largest absolute Gasteiger partial charge is 0.496 e. The number of carbonyl (C=O) groups excluding carboxylic acids is 1. The van der Waals surface area contributed by atoms with Crippen molar-refractivity contribution < 1.29 is 17.9 Å². The van der Waals surface area contributed by atoms with E-state index in [0.717, 1.165) is 45.2 Å². The summed E-state index contributed by atoms with van der Waals surface area (Å²) in [6, 6.07) is 4.67. The summed E-state index contributed by atoms with van der Waals surface area (Å²) in [5.41, 5.74) is 0.375. The van der Waals surface area contributed by atoms with E-state index in [1.54, 1.807) is 16.4 Å². The smallest absolute Gasteiger partial charge is 0.257 e. The number of nitrogens with zero attached hydrogens (tertiary/aromatic N) is 3. The van der Waals surface area contributed by atoms with Crippen molar-refractivity contribution in [2.75, 3.05) is 46.4 Å². The van der Waals surface area contributed by atoms with Crippen LogP contribution in [0.3, 0.4) is 0 Å². The Balaban J connectivity index is 1.86. The fourth-order valence-corrected chi connectivity index (χ4v) is 5.95. The van der Waals surface area contributed by atoms with Gasteiger partial charge in [-0.2, -0.15) is 4.31 Å². The van der Waals surface area contributed by atoms with Crippen LogP contribution in [0.15, 0.2) is 23.1 Å². The third-order valence-electron chi connectivity index (χ3n) is 6.34. The van der Waals surface area contributed by atoms with Crippen LogP contribution in [0.5, 0.6) is 5.75 Å². The molecule has 0 radical (unpaired) electrons. The Labute approximate surface area is 187 Å². The van der Waals surface area contributed by atoms with E-state index >= 15 is 0 Å². The fourth-order valence-electron chi connectivity index (χ4n) is 4.41. The van der Waals surface area contributed by atoms with Crippen molar-refractivity contribution in [3.63, 3.8) is 0 Å². The molecule has 0 N–H and O–H groups in total. The van der Waals surface area contributed by atoms with Crippen LogP contribution in [0, 0.1) is 0 Å². The Kier molecular flexibility index (Phi) is 7.65. The van der Waals surface area contributed by atoms with Gasteiger partial charge in [-0.25, -0.2) is 8.42 Å². The molecular weight excluding hydrogens is 414 g/mol. The molecule has 2 heterocycles. The van der Waals surface area contributed by atoms with Crippen LogP contribution < -0.4 is 4.74 Å². The van der Waals surface area contributed by atoms with Gasteiger partial charge in [0.25, 0.3) is 5.91 Å². The monoisotopic (exact) mass is 451 g/mol. The Bertz CT molecular complexity index is 871. The molecule has 1 amide bonds. The summed E-state index contributed by atoms with van der Waals surface area (Å²) in [6.07, 6.45) is 4.74. The molecule has 1 aromatic carbocycles. The number of ether oxygens (including phenoxy) is 1. The number of methoxy groups -OCH3 is 1. The SMILES string of the molecule is COc1ccc(S(=O)(=O)N2CCCCCC2)cc1C(=O)N1CCCN(C(C)(C)C)CC1. The molecule has 0 atom stereocenters. The average molecular weight is 452 g/mol. The summed E-state index contributed by atoms with van der Waals surface area (Å²) >= 11 is 0. The third-order valence-corrected chi connectivity index (χ3v) is 8.23. The van der Waals surface area contributed by atoms with Crippen LogP contribution in [-0.2, 0) is 10.0 Å². The van der Waals surface area contributed by atoms with E-state index < -0.39 is 10.0 Å². The molecule has 7 nitrogen and oxygen atoms in total. The lowest BCUT2D eigenvalue weighted by atomic mass is 10.1. The molecule has 0 bridgehead atoms. The first-order chi connectivity index (χ1) is 14.6. The third kappa shape index (κ3) is 5.59. The van der Waals surface area contributed by atoms with Gasteiger partial charge in [-0.05, 0) is 58.2 Å². The molecule has 2 aliphatic heterocycles. The van der Waals surface area contributed by atoms with E-state index in [2.05, 4.69) is 25.7 Å². The number of hydrogen-bond donors (Lipinski definition) is 0. The number of hydrogen-bond acceptors (Lipinski definition) is 5. The number of benzene rings is 1. The zero-order chi connectivity index (χ0) is 22.6. The average Bonchev–Trinajstić information content (AvgIpc) is 3.16. The molecule has 1 aromatic rings. The van der Waals surface area contributed by atoms with Crippen molar-refractivity contribution in [3.8, 4) is 5.75 Å². The van der Waals surface area contributed by atoms with Crippen LogP contribution in [-0.4, -0.2) is 80.3 Å². The quantitative estimate of drug-likeness (QED) is 0.703. The molecule has 2 fully saturated rings. The van der Waals surface area contributed by atoms with E-state index in [-0.39, 0.29) is 16.3 Å². The van der Waals surface area contributed by atoms with Gasteiger partial charge < -0.3 is 9.64 Å². The van der Waals surface area contributed by atoms with E-state index in [1.807, 2.05) is 4.90 Å². The summed E-state index contributed by atoms with van der Waals surface area (Å²) in [7, 11) is -2.12. The lowest BCUT2D eigenvalue weighted by Crippen LogP contribution is -2.44. The first kappa shape index (κ1) is 24.0. The Morgan fingerprint density at radius 1 is 0.903 bits per heavy atom. The second-order valence-corrected chi connectivity index (χ2v) is 11.4. The van der Waals surface area contributed by atoms with Crippen LogP contribution in [0.2, 0.25) is 0 Å². The summed E-state index contributed by atoms with van der Waals surface area (Å²) in [5, 5.41) is 0.